The SMILES string of the molecule is COC(=O)C1CCCC1S(=O)(=O)N(C)CCC(F)(F)F. The first kappa shape index (κ1) is 17.2. The monoisotopic (exact) mass is 317 g/mol. The Labute approximate surface area is 116 Å². The van der Waals surface area contributed by atoms with E-state index in [-0.39, 0.29) is 6.42 Å². The fraction of sp³-hybridized carbons (Fsp3) is 0.909. The summed E-state index contributed by atoms with van der Waals surface area (Å²) in [7, 11) is -1.66. The molecule has 2 atom stereocenters. The number of methoxy groups -OCH3 is 1. The molecular formula is C11H18F3NO4S. The van der Waals surface area contributed by atoms with Crippen molar-refractivity contribution in [2.24, 2.45) is 5.92 Å². The Morgan fingerprint density at radius 3 is 2.45 bits per heavy atom. The number of halogens is 3. The number of rotatable bonds is 5. The number of carbonyl (C=O) groups is 1. The minimum atomic E-state index is -4.42. The summed E-state index contributed by atoms with van der Waals surface area (Å²) < 4.78 is 66.1. The summed E-state index contributed by atoms with van der Waals surface area (Å²) in [5.74, 6) is -1.42. The molecule has 2 unspecified atom stereocenters. The zero-order valence-corrected chi connectivity index (χ0v) is 12.1. The molecular weight excluding hydrogens is 299 g/mol. The minimum absolute atomic E-state index is 0.262. The molecule has 118 valence electrons. The maximum absolute atomic E-state index is 12.2. The molecule has 0 spiro atoms. The van der Waals surface area contributed by atoms with Gasteiger partial charge in [-0.15, -0.1) is 0 Å². The smallest absolute Gasteiger partial charge is 0.390 e. The highest BCUT2D eigenvalue weighted by atomic mass is 32.2. The van der Waals surface area contributed by atoms with E-state index in [4.69, 9.17) is 0 Å². The van der Waals surface area contributed by atoms with Gasteiger partial charge in [-0.1, -0.05) is 6.42 Å². The number of sulfonamides is 1. The van der Waals surface area contributed by atoms with Crippen molar-refractivity contribution in [1.82, 2.24) is 4.31 Å². The highest BCUT2D eigenvalue weighted by Crippen LogP contribution is 2.33. The topological polar surface area (TPSA) is 63.7 Å². The molecule has 0 heterocycles. The number of hydrogen-bond acceptors (Lipinski definition) is 4. The average molecular weight is 317 g/mol. The van der Waals surface area contributed by atoms with Crippen molar-refractivity contribution in [3.05, 3.63) is 0 Å². The average Bonchev–Trinajstić information content (AvgIpc) is 2.83. The predicted octanol–water partition coefficient (Wildman–Crippen LogP) is 1.54. The van der Waals surface area contributed by atoms with E-state index in [0.717, 1.165) is 14.2 Å². The maximum Gasteiger partial charge on any atom is 0.390 e. The molecule has 0 aromatic heterocycles. The molecule has 1 saturated carbocycles. The van der Waals surface area contributed by atoms with E-state index in [2.05, 4.69) is 4.74 Å². The van der Waals surface area contributed by atoms with Crippen LogP contribution in [0.3, 0.4) is 0 Å². The molecule has 1 fully saturated rings. The van der Waals surface area contributed by atoms with Gasteiger partial charge in [-0.2, -0.15) is 13.2 Å². The summed E-state index contributed by atoms with van der Waals surface area (Å²) in [6, 6.07) is 0. The molecule has 20 heavy (non-hydrogen) atoms. The second-order valence-electron chi connectivity index (χ2n) is 4.83. The summed E-state index contributed by atoms with van der Waals surface area (Å²) in [6.07, 6.45) is -4.45. The number of esters is 1. The lowest BCUT2D eigenvalue weighted by atomic mass is 10.1. The van der Waals surface area contributed by atoms with Crippen LogP contribution in [0.25, 0.3) is 0 Å². The molecule has 5 nitrogen and oxygen atoms in total. The van der Waals surface area contributed by atoms with Gasteiger partial charge in [0.05, 0.1) is 24.7 Å². The van der Waals surface area contributed by atoms with E-state index >= 15 is 0 Å². The summed E-state index contributed by atoms with van der Waals surface area (Å²) >= 11 is 0. The first-order valence-corrected chi connectivity index (χ1v) is 7.69. The fourth-order valence-corrected chi connectivity index (χ4v) is 4.28. The van der Waals surface area contributed by atoms with Gasteiger partial charge in [-0.3, -0.25) is 4.79 Å². The van der Waals surface area contributed by atoms with E-state index in [0.29, 0.717) is 17.1 Å². The Morgan fingerprint density at radius 1 is 1.35 bits per heavy atom. The van der Waals surface area contributed by atoms with Gasteiger partial charge in [0.25, 0.3) is 0 Å². The maximum atomic E-state index is 12.2. The van der Waals surface area contributed by atoms with Crippen molar-refractivity contribution in [2.45, 2.75) is 37.1 Å². The van der Waals surface area contributed by atoms with Gasteiger partial charge in [0.15, 0.2) is 0 Å². The van der Waals surface area contributed by atoms with Gasteiger partial charge in [-0.25, -0.2) is 12.7 Å². The standard InChI is InChI=1S/C11H18F3NO4S/c1-15(7-6-11(12,13)14)20(17,18)9-5-3-4-8(9)10(16)19-2/h8-9H,3-7H2,1-2H3. The Morgan fingerprint density at radius 2 is 1.95 bits per heavy atom. The van der Waals surface area contributed by atoms with Crippen LogP contribution >= 0.6 is 0 Å². The second-order valence-corrected chi connectivity index (χ2v) is 7.09. The largest absolute Gasteiger partial charge is 0.469 e. The van der Waals surface area contributed by atoms with Crippen LogP contribution in [0.15, 0.2) is 0 Å². The Hall–Kier alpha value is -0.830. The Bertz CT molecular complexity index is 449. The van der Waals surface area contributed by atoms with Gasteiger partial charge < -0.3 is 4.74 Å². The molecule has 1 aliphatic rings. The van der Waals surface area contributed by atoms with E-state index in [9.17, 15) is 26.4 Å². The first-order valence-electron chi connectivity index (χ1n) is 6.19. The van der Waals surface area contributed by atoms with Gasteiger partial charge in [0.2, 0.25) is 10.0 Å². The lowest BCUT2D eigenvalue weighted by Gasteiger charge is -2.25. The minimum Gasteiger partial charge on any atom is -0.469 e. The van der Waals surface area contributed by atoms with Crippen LogP contribution in [0.5, 0.6) is 0 Å². The summed E-state index contributed by atoms with van der Waals surface area (Å²) in [5.41, 5.74) is 0. The Balaban J connectivity index is 2.79. The number of alkyl halides is 3. The third-order valence-electron chi connectivity index (χ3n) is 3.48. The second kappa shape index (κ2) is 6.30. The molecule has 1 aliphatic carbocycles. The van der Waals surface area contributed by atoms with Gasteiger partial charge in [-0.05, 0) is 12.8 Å². The van der Waals surface area contributed by atoms with Gasteiger partial charge in [0, 0.05) is 13.6 Å². The third kappa shape index (κ3) is 4.08. The molecule has 0 amide bonds. The van der Waals surface area contributed by atoms with Crippen LogP contribution in [-0.2, 0) is 19.6 Å². The normalized spacial score (nSPS) is 24.1. The third-order valence-corrected chi connectivity index (χ3v) is 5.86. The predicted molar refractivity (Wildman–Crippen MR) is 65.4 cm³/mol. The van der Waals surface area contributed by atoms with Gasteiger partial charge in [0.1, 0.15) is 0 Å². The zero-order chi connectivity index (χ0) is 15.6. The van der Waals surface area contributed by atoms with E-state index < -0.39 is 46.3 Å². The molecule has 0 bridgehead atoms. The number of nitrogens with zero attached hydrogens (tertiary/aromatic N) is 1. The van der Waals surface area contributed by atoms with Crippen molar-refractivity contribution in [1.29, 1.82) is 0 Å². The van der Waals surface area contributed by atoms with E-state index in [1.54, 1.807) is 0 Å². The zero-order valence-electron chi connectivity index (χ0n) is 11.3. The van der Waals surface area contributed by atoms with Crippen molar-refractivity contribution in [3.63, 3.8) is 0 Å². The van der Waals surface area contributed by atoms with Gasteiger partial charge >= 0.3 is 12.1 Å². The number of hydrogen-bond donors (Lipinski definition) is 0. The number of carbonyl (C=O) groups excluding carboxylic acids is 1. The summed E-state index contributed by atoms with van der Waals surface area (Å²) in [5, 5.41) is -0.992. The first-order chi connectivity index (χ1) is 9.09. The molecule has 0 aromatic carbocycles. The highest BCUT2D eigenvalue weighted by molar-refractivity contribution is 7.89. The van der Waals surface area contributed by atoms with Crippen LogP contribution in [0.4, 0.5) is 13.2 Å². The molecule has 0 saturated heterocycles. The summed E-state index contributed by atoms with van der Waals surface area (Å²) in [4.78, 5) is 11.5. The molecule has 0 N–H and O–H groups in total. The molecule has 0 aliphatic heterocycles. The molecule has 0 aromatic rings. The molecule has 0 radical (unpaired) electrons. The van der Waals surface area contributed by atoms with Crippen LogP contribution in [0, 0.1) is 5.92 Å². The quantitative estimate of drug-likeness (QED) is 0.722. The Kier molecular flexibility index (Phi) is 5.42. The highest BCUT2D eigenvalue weighted by Gasteiger charge is 2.44. The van der Waals surface area contributed by atoms with Crippen LogP contribution in [0.2, 0.25) is 0 Å². The lowest BCUT2D eigenvalue weighted by molar-refractivity contribution is -0.145. The number of ether oxygens (including phenoxy) is 1. The van der Waals surface area contributed by atoms with E-state index in [1.807, 2.05) is 0 Å². The molecule has 1 rings (SSSR count). The summed E-state index contributed by atoms with van der Waals surface area (Å²) in [6.45, 7) is -0.643. The van der Waals surface area contributed by atoms with Crippen molar-refractivity contribution in [2.75, 3.05) is 20.7 Å². The van der Waals surface area contributed by atoms with Crippen LogP contribution in [-0.4, -0.2) is 50.8 Å². The van der Waals surface area contributed by atoms with Crippen LogP contribution < -0.4 is 0 Å². The van der Waals surface area contributed by atoms with Crippen LogP contribution in [0.1, 0.15) is 25.7 Å². The molecule has 9 heteroatoms. The lowest BCUT2D eigenvalue weighted by Crippen LogP contribution is -2.41. The van der Waals surface area contributed by atoms with Crippen molar-refractivity contribution < 1.29 is 31.1 Å². The van der Waals surface area contributed by atoms with Crippen molar-refractivity contribution in [3.8, 4) is 0 Å². The fourth-order valence-electron chi connectivity index (χ4n) is 2.35. The van der Waals surface area contributed by atoms with Crippen molar-refractivity contribution >= 4 is 16.0 Å². The van der Waals surface area contributed by atoms with E-state index in [1.165, 1.54) is 0 Å².